The number of amides is 1. The van der Waals surface area contributed by atoms with Crippen LogP contribution in [0.15, 0.2) is 28.7 Å². The fraction of sp³-hybridized carbons (Fsp3) is 0.471. The van der Waals surface area contributed by atoms with Gasteiger partial charge in [0.05, 0.1) is 11.6 Å². The van der Waals surface area contributed by atoms with Crippen molar-refractivity contribution in [1.29, 1.82) is 0 Å². The van der Waals surface area contributed by atoms with Gasteiger partial charge in [0.1, 0.15) is 5.75 Å². The van der Waals surface area contributed by atoms with Gasteiger partial charge in [0.15, 0.2) is 0 Å². The SMILES string of the molecule is COc1ccc(/C=C/C(=O)NC2CCCCC2C)cc1Br. The summed E-state index contributed by atoms with van der Waals surface area (Å²) < 4.78 is 6.07. The van der Waals surface area contributed by atoms with Crippen molar-refractivity contribution < 1.29 is 9.53 Å². The molecule has 0 saturated heterocycles. The maximum absolute atomic E-state index is 12.0. The summed E-state index contributed by atoms with van der Waals surface area (Å²) in [7, 11) is 1.63. The molecule has 1 saturated carbocycles. The summed E-state index contributed by atoms with van der Waals surface area (Å²) in [6.45, 7) is 2.22. The molecule has 0 aliphatic heterocycles. The third kappa shape index (κ3) is 4.60. The zero-order chi connectivity index (χ0) is 15.2. The van der Waals surface area contributed by atoms with Crippen LogP contribution in [-0.2, 0) is 4.79 Å². The van der Waals surface area contributed by atoms with Crippen molar-refractivity contribution in [2.75, 3.05) is 7.11 Å². The van der Waals surface area contributed by atoms with Gasteiger partial charge in [0, 0.05) is 12.1 Å². The van der Waals surface area contributed by atoms with Gasteiger partial charge in [0.25, 0.3) is 0 Å². The Hall–Kier alpha value is -1.29. The van der Waals surface area contributed by atoms with E-state index in [0.29, 0.717) is 12.0 Å². The fourth-order valence-corrected chi connectivity index (χ4v) is 3.28. The van der Waals surface area contributed by atoms with E-state index in [1.807, 2.05) is 24.3 Å². The van der Waals surface area contributed by atoms with Crippen molar-refractivity contribution in [3.05, 3.63) is 34.3 Å². The van der Waals surface area contributed by atoms with Gasteiger partial charge in [-0.1, -0.05) is 25.8 Å². The Morgan fingerprint density at radius 3 is 2.81 bits per heavy atom. The highest BCUT2D eigenvalue weighted by atomic mass is 79.9. The van der Waals surface area contributed by atoms with Gasteiger partial charge in [-0.05, 0) is 58.5 Å². The molecule has 2 atom stereocenters. The van der Waals surface area contributed by atoms with Crippen LogP contribution in [0.3, 0.4) is 0 Å². The third-order valence-corrected chi connectivity index (χ3v) is 4.66. The van der Waals surface area contributed by atoms with Crippen LogP contribution in [0.1, 0.15) is 38.2 Å². The van der Waals surface area contributed by atoms with E-state index in [2.05, 4.69) is 28.2 Å². The lowest BCUT2D eigenvalue weighted by Gasteiger charge is -2.29. The highest BCUT2D eigenvalue weighted by Gasteiger charge is 2.21. The van der Waals surface area contributed by atoms with Crippen LogP contribution >= 0.6 is 15.9 Å². The molecule has 21 heavy (non-hydrogen) atoms. The Morgan fingerprint density at radius 2 is 2.14 bits per heavy atom. The van der Waals surface area contributed by atoms with E-state index in [-0.39, 0.29) is 5.91 Å². The molecule has 0 heterocycles. The Labute approximate surface area is 134 Å². The van der Waals surface area contributed by atoms with Gasteiger partial charge in [-0.2, -0.15) is 0 Å². The minimum atomic E-state index is -0.0132. The second-order valence-corrected chi connectivity index (χ2v) is 6.46. The number of benzene rings is 1. The predicted molar refractivity (Wildman–Crippen MR) is 89.3 cm³/mol. The molecule has 114 valence electrons. The Balaban J connectivity index is 1.94. The normalized spacial score (nSPS) is 22.2. The number of methoxy groups -OCH3 is 1. The molecule has 1 N–H and O–H groups in total. The quantitative estimate of drug-likeness (QED) is 0.826. The molecule has 2 unspecified atom stereocenters. The molecule has 1 aliphatic carbocycles. The maximum Gasteiger partial charge on any atom is 0.244 e. The van der Waals surface area contributed by atoms with Gasteiger partial charge < -0.3 is 10.1 Å². The summed E-state index contributed by atoms with van der Waals surface area (Å²) >= 11 is 3.44. The van der Waals surface area contributed by atoms with Crippen LogP contribution in [0, 0.1) is 5.92 Å². The van der Waals surface area contributed by atoms with Crippen molar-refractivity contribution in [2.24, 2.45) is 5.92 Å². The largest absolute Gasteiger partial charge is 0.496 e. The predicted octanol–water partition coefficient (Wildman–Crippen LogP) is 4.17. The van der Waals surface area contributed by atoms with E-state index in [0.717, 1.165) is 22.2 Å². The van der Waals surface area contributed by atoms with Crippen LogP contribution in [-0.4, -0.2) is 19.1 Å². The van der Waals surface area contributed by atoms with Crippen molar-refractivity contribution in [2.45, 2.75) is 38.6 Å². The highest BCUT2D eigenvalue weighted by molar-refractivity contribution is 9.10. The topological polar surface area (TPSA) is 38.3 Å². The Kier molecular flexibility index (Phi) is 5.85. The Morgan fingerprint density at radius 1 is 1.38 bits per heavy atom. The number of ether oxygens (including phenoxy) is 1. The van der Waals surface area contributed by atoms with Gasteiger partial charge >= 0.3 is 0 Å². The summed E-state index contributed by atoms with van der Waals surface area (Å²) in [5, 5.41) is 3.11. The number of rotatable bonds is 4. The van der Waals surface area contributed by atoms with E-state index in [9.17, 15) is 4.79 Å². The summed E-state index contributed by atoms with van der Waals surface area (Å²) in [5.41, 5.74) is 0.967. The lowest BCUT2D eigenvalue weighted by Crippen LogP contribution is -2.40. The fourth-order valence-electron chi connectivity index (χ4n) is 2.72. The lowest BCUT2D eigenvalue weighted by atomic mass is 9.86. The van der Waals surface area contributed by atoms with Crippen LogP contribution < -0.4 is 10.1 Å². The molecular formula is C17H22BrNO2. The van der Waals surface area contributed by atoms with E-state index in [1.165, 1.54) is 19.3 Å². The molecule has 1 aromatic carbocycles. The van der Waals surface area contributed by atoms with Crippen molar-refractivity contribution in [3.63, 3.8) is 0 Å². The van der Waals surface area contributed by atoms with Crippen molar-refractivity contribution in [3.8, 4) is 5.75 Å². The average molecular weight is 352 g/mol. The molecule has 1 aromatic rings. The Bertz CT molecular complexity index is 528. The van der Waals surface area contributed by atoms with Crippen LogP contribution in [0.2, 0.25) is 0 Å². The molecule has 1 aliphatic rings. The van der Waals surface area contributed by atoms with E-state index < -0.39 is 0 Å². The molecule has 1 amide bonds. The summed E-state index contributed by atoms with van der Waals surface area (Å²) in [4.78, 5) is 12.0. The summed E-state index contributed by atoms with van der Waals surface area (Å²) in [6.07, 6.45) is 8.23. The summed E-state index contributed by atoms with van der Waals surface area (Å²) in [6, 6.07) is 6.06. The maximum atomic E-state index is 12.0. The smallest absolute Gasteiger partial charge is 0.244 e. The molecule has 4 heteroatoms. The standard InChI is InChI=1S/C17H22BrNO2/c1-12-5-3-4-6-15(12)19-17(20)10-8-13-7-9-16(21-2)14(18)11-13/h7-12,15H,3-6H2,1-2H3,(H,19,20)/b10-8+. The van der Waals surface area contributed by atoms with Crippen LogP contribution in [0.25, 0.3) is 6.08 Å². The second-order valence-electron chi connectivity index (χ2n) is 5.60. The summed E-state index contributed by atoms with van der Waals surface area (Å²) in [5.74, 6) is 1.35. The van der Waals surface area contributed by atoms with Gasteiger partial charge in [-0.25, -0.2) is 0 Å². The molecule has 0 radical (unpaired) electrons. The van der Waals surface area contributed by atoms with Crippen molar-refractivity contribution in [1.82, 2.24) is 5.32 Å². The molecule has 0 bridgehead atoms. The average Bonchev–Trinajstić information content (AvgIpc) is 2.48. The lowest BCUT2D eigenvalue weighted by molar-refractivity contribution is -0.117. The number of carbonyl (C=O) groups excluding carboxylic acids is 1. The number of halogens is 1. The highest BCUT2D eigenvalue weighted by Crippen LogP contribution is 2.26. The monoisotopic (exact) mass is 351 g/mol. The first kappa shape index (κ1) is 16.1. The van der Waals surface area contributed by atoms with Gasteiger partial charge in [-0.3, -0.25) is 4.79 Å². The minimum Gasteiger partial charge on any atom is -0.496 e. The zero-order valence-electron chi connectivity index (χ0n) is 12.6. The molecule has 0 spiro atoms. The van der Waals surface area contributed by atoms with E-state index in [1.54, 1.807) is 13.2 Å². The molecule has 1 fully saturated rings. The molecular weight excluding hydrogens is 330 g/mol. The van der Waals surface area contributed by atoms with Crippen molar-refractivity contribution >= 4 is 27.9 Å². The molecule has 0 aromatic heterocycles. The number of carbonyl (C=O) groups is 1. The van der Waals surface area contributed by atoms with E-state index in [4.69, 9.17) is 4.74 Å². The van der Waals surface area contributed by atoms with Gasteiger partial charge in [-0.15, -0.1) is 0 Å². The number of nitrogens with one attached hydrogen (secondary N) is 1. The minimum absolute atomic E-state index is 0.0132. The second kappa shape index (κ2) is 7.64. The third-order valence-electron chi connectivity index (χ3n) is 4.04. The molecule has 2 rings (SSSR count). The number of hydrogen-bond donors (Lipinski definition) is 1. The zero-order valence-corrected chi connectivity index (χ0v) is 14.2. The first-order chi connectivity index (χ1) is 10.1. The van der Waals surface area contributed by atoms with Gasteiger partial charge in [0.2, 0.25) is 5.91 Å². The number of hydrogen-bond acceptors (Lipinski definition) is 2. The first-order valence-corrected chi connectivity index (χ1v) is 8.21. The first-order valence-electron chi connectivity index (χ1n) is 7.42. The van der Waals surface area contributed by atoms with E-state index >= 15 is 0 Å². The van der Waals surface area contributed by atoms with Crippen LogP contribution in [0.4, 0.5) is 0 Å². The molecule has 3 nitrogen and oxygen atoms in total. The van der Waals surface area contributed by atoms with Crippen LogP contribution in [0.5, 0.6) is 5.75 Å².